The number of para-hydroxylation sites is 1. The Labute approximate surface area is 244 Å². The normalized spacial score (nSPS) is 14.9. The molecule has 230 valence electrons. The molecular weight excluding hydrogens is 554 g/mol. The predicted octanol–water partition coefficient (Wildman–Crippen LogP) is 9.97. The molecule has 3 rings (SSSR count). The van der Waals surface area contributed by atoms with Gasteiger partial charge >= 0.3 is 12.4 Å². The molecule has 1 heterocycles. The van der Waals surface area contributed by atoms with E-state index >= 15 is 0 Å². The van der Waals surface area contributed by atoms with E-state index in [-0.39, 0.29) is 18.2 Å². The first-order valence-corrected chi connectivity index (χ1v) is 14.2. The summed E-state index contributed by atoms with van der Waals surface area (Å²) in [5, 5.41) is 0. The molecule has 0 aliphatic carbocycles. The molecule has 2 atom stereocenters. The number of hydrogen-bond acceptors (Lipinski definition) is 2. The molecule has 1 unspecified atom stereocenters. The van der Waals surface area contributed by atoms with Gasteiger partial charge in [0.1, 0.15) is 6.10 Å². The fraction of sp³-hybridized carbons (Fsp3) is 0.485. The zero-order chi connectivity index (χ0) is 31.5. The van der Waals surface area contributed by atoms with E-state index in [4.69, 9.17) is 9.73 Å². The van der Waals surface area contributed by atoms with Crippen molar-refractivity contribution in [1.29, 1.82) is 0 Å². The van der Waals surface area contributed by atoms with Gasteiger partial charge in [-0.2, -0.15) is 26.3 Å². The Bertz CT molecular complexity index is 1300. The van der Waals surface area contributed by atoms with Gasteiger partial charge in [-0.25, -0.2) is 0 Å². The van der Waals surface area contributed by atoms with Gasteiger partial charge in [-0.3, -0.25) is 4.99 Å². The number of alkyl halides is 6. The highest BCUT2D eigenvalue weighted by molar-refractivity contribution is 5.93. The summed E-state index contributed by atoms with van der Waals surface area (Å²) in [6.07, 6.45) is -12.3. The molecule has 0 fully saturated rings. The second-order valence-corrected chi connectivity index (χ2v) is 11.4. The molecule has 0 spiro atoms. The van der Waals surface area contributed by atoms with Gasteiger partial charge in [-0.15, -0.1) is 0 Å². The number of benzene rings is 2. The van der Waals surface area contributed by atoms with Crippen LogP contribution in [0.2, 0.25) is 0 Å². The van der Waals surface area contributed by atoms with Crippen molar-refractivity contribution in [3.8, 4) is 0 Å². The van der Waals surface area contributed by atoms with Gasteiger partial charge in [0.05, 0.1) is 17.9 Å². The summed E-state index contributed by atoms with van der Waals surface area (Å²) in [6.45, 7) is 12.7. The predicted molar refractivity (Wildman–Crippen MR) is 155 cm³/mol. The van der Waals surface area contributed by atoms with E-state index in [0.717, 1.165) is 35.4 Å². The van der Waals surface area contributed by atoms with Crippen molar-refractivity contribution in [2.24, 2.45) is 16.8 Å². The monoisotopic (exact) mass is 594 g/mol. The van der Waals surface area contributed by atoms with Gasteiger partial charge in [-0.1, -0.05) is 69.3 Å². The molecule has 0 aliphatic heterocycles. The number of rotatable bonds is 11. The van der Waals surface area contributed by atoms with Crippen LogP contribution in [0.4, 0.5) is 32.0 Å². The molecule has 0 saturated heterocycles. The summed E-state index contributed by atoms with van der Waals surface area (Å²) < 4.78 is 97.2. The molecule has 0 radical (unpaired) electrons. The molecule has 0 aliphatic rings. The summed E-state index contributed by atoms with van der Waals surface area (Å²) in [5.74, 6) is -0.321. The molecule has 0 saturated carbocycles. The van der Waals surface area contributed by atoms with Crippen molar-refractivity contribution in [2.45, 2.75) is 91.9 Å². The first-order valence-electron chi connectivity index (χ1n) is 14.2. The molecule has 42 heavy (non-hydrogen) atoms. The van der Waals surface area contributed by atoms with E-state index in [1.54, 1.807) is 30.5 Å². The summed E-state index contributed by atoms with van der Waals surface area (Å²) in [7, 11) is 0. The van der Waals surface area contributed by atoms with Crippen LogP contribution in [0.15, 0.2) is 65.7 Å². The molecule has 0 N–H and O–H groups in total. The van der Waals surface area contributed by atoms with Gasteiger partial charge in [0.2, 0.25) is 0 Å². The minimum atomic E-state index is -5.82. The van der Waals surface area contributed by atoms with Crippen LogP contribution in [-0.4, -0.2) is 28.7 Å². The summed E-state index contributed by atoms with van der Waals surface area (Å²) >= 11 is 0. The minimum Gasteiger partial charge on any atom is -0.346 e. The second-order valence-electron chi connectivity index (χ2n) is 11.4. The number of nitrogens with zero attached hydrogens (tertiary/aromatic N) is 2. The van der Waals surface area contributed by atoms with Crippen LogP contribution in [0.1, 0.15) is 61.7 Å². The minimum absolute atomic E-state index is 0.109. The third-order valence-corrected chi connectivity index (χ3v) is 7.74. The summed E-state index contributed by atoms with van der Waals surface area (Å²) in [4.78, 5) is 4.91. The molecule has 9 heteroatoms. The Morgan fingerprint density at radius 3 is 1.76 bits per heavy atom. The Kier molecular flexibility index (Phi) is 10.4. The lowest BCUT2D eigenvalue weighted by molar-refractivity contribution is -0.394. The van der Waals surface area contributed by atoms with Gasteiger partial charge < -0.3 is 9.30 Å². The van der Waals surface area contributed by atoms with Crippen LogP contribution in [0.25, 0.3) is 0 Å². The standard InChI is InChI=1S/C33H40F6N2O/c1-8-26(19-21(2)3)30(40-29-22(4)13-12-14-23(29)5)28(20-41-24(6)17-18-25(41)7)42-31(32(34,35)36,33(37,38)39)27-15-10-9-11-16-27/h9-18,21,26,28H,8,19-20H2,1-7H3/b40-30-/t26?,28-/m1/s1. The first kappa shape index (κ1) is 33.4. The van der Waals surface area contributed by atoms with Gasteiger partial charge in [0.25, 0.3) is 5.60 Å². The lowest BCUT2D eigenvalue weighted by Gasteiger charge is -2.41. The van der Waals surface area contributed by atoms with E-state index in [2.05, 4.69) is 0 Å². The van der Waals surface area contributed by atoms with E-state index in [9.17, 15) is 26.3 Å². The van der Waals surface area contributed by atoms with Crippen molar-refractivity contribution in [3.05, 3.63) is 88.7 Å². The smallest absolute Gasteiger partial charge is 0.346 e. The van der Waals surface area contributed by atoms with Crippen molar-refractivity contribution in [2.75, 3.05) is 0 Å². The van der Waals surface area contributed by atoms with Crippen molar-refractivity contribution < 1.29 is 31.1 Å². The van der Waals surface area contributed by atoms with Gasteiger partial charge in [0, 0.05) is 17.0 Å². The maximum atomic E-state index is 15.0. The molecule has 0 bridgehead atoms. The highest BCUT2D eigenvalue weighted by Crippen LogP contribution is 2.54. The fourth-order valence-electron chi connectivity index (χ4n) is 5.52. The maximum absolute atomic E-state index is 15.0. The molecule has 2 aromatic carbocycles. The summed E-state index contributed by atoms with van der Waals surface area (Å²) in [5.41, 5.74) is -2.02. The summed E-state index contributed by atoms with van der Waals surface area (Å²) in [6, 6.07) is 14.3. The topological polar surface area (TPSA) is 26.5 Å². The lowest BCUT2D eigenvalue weighted by atomic mass is 9.86. The fourth-order valence-corrected chi connectivity index (χ4v) is 5.52. The Hall–Kier alpha value is -3.07. The highest BCUT2D eigenvalue weighted by Gasteiger charge is 2.74. The van der Waals surface area contributed by atoms with Crippen molar-refractivity contribution in [3.63, 3.8) is 0 Å². The van der Waals surface area contributed by atoms with Crippen LogP contribution in [0.5, 0.6) is 0 Å². The SMILES string of the molecule is CCC(CC(C)C)/C(=N/c1c(C)cccc1C)[C@@H](Cn1c(C)ccc1C)OC(c1ccccc1)(C(F)(F)F)C(F)(F)F. The number of aliphatic imine (C=N–C) groups is 1. The first-order chi connectivity index (χ1) is 19.5. The van der Waals surface area contributed by atoms with Crippen LogP contribution < -0.4 is 0 Å². The van der Waals surface area contributed by atoms with E-state index in [1.807, 2.05) is 52.8 Å². The largest absolute Gasteiger partial charge is 0.430 e. The highest BCUT2D eigenvalue weighted by atomic mass is 19.4. The van der Waals surface area contributed by atoms with E-state index in [1.165, 1.54) is 6.07 Å². The number of halogens is 6. The number of ether oxygens (including phenoxy) is 1. The average Bonchev–Trinajstić information content (AvgIpc) is 3.21. The Morgan fingerprint density at radius 2 is 1.31 bits per heavy atom. The number of aromatic nitrogens is 1. The van der Waals surface area contributed by atoms with Crippen LogP contribution in [-0.2, 0) is 16.9 Å². The van der Waals surface area contributed by atoms with Crippen molar-refractivity contribution in [1.82, 2.24) is 4.57 Å². The third-order valence-electron chi connectivity index (χ3n) is 7.74. The Balaban J connectivity index is 2.41. The molecular formula is C33H40F6N2O. The van der Waals surface area contributed by atoms with Gasteiger partial charge in [0.15, 0.2) is 0 Å². The van der Waals surface area contributed by atoms with Gasteiger partial charge in [-0.05, 0) is 75.6 Å². The number of hydrogen-bond donors (Lipinski definition) is 0. The zero-order valence-corrected chi connectivity index (χ0v) is 25.2. The Morgan fingerprint density at radius 1 is 0.786 bits per heavy atom. The quantitative estimate of drug-likeness (QED) is 0.160. The van der Waals surface area contributed by atoms with E-state index in [0.29, 0.717) is 29.9 Å². The molecule has 3 aromatic rings. The molecule has 3 nitrogen and oxygen atoms in total. The second kappa shape index (κ2) is 13.1. The zero-order valence-electron chi connectivity index (χ0n) is 25.2. The third kappa shape index (κ3) is 6.93. The maximum Gasteiger partial charge on any atom is 0.430 e. The van der Waals surface area contributed by atoms with E-state index < -0.39 is 35.5 Å². The lowest BCUT2D eigenvalue weighted by Crippen LogP contribution is -2.59. The average molecular weight is 595 g/mol. The van der Waals surface area contributed by atoms with Crippen LogP contribution in [0.3, 0.4) is 0 Å². The molecule has 1 aromatic heterocycles. The van der Waals surface area contributed by atoms with Crippen LogP contribution in [0, 0.1) is 39.5 Å². The van der Waals surface area contributed by atoms with Crippen LogP contribution >= 0.6 is 0 Å². The number of aryl methyl sites for hydroxylation is 4. The molecule has 0 amide bonds. The van der Waals surface area contributed by atoms with Crippen molar-refractivity contribution >= 4 is 11.4 Å².